The molecule has 1 N–H and O–H groups in total. The van der Waals surface area contributed by atoms with Crippen molar-refractivity contribution in [2.45, 2.75) is 52.5 Å². The van der Waals surface area contributed by atoms with E-state index in [0.717, 1.165) is 19.4 Å². The van der Waals surface area contributed by atoms with Crippen LogP contribution in [0.2, 0.25) is 0 Å². The highest BCUT2D eigenvalue weighted by Gasteiger charge is 2.31. The van der Waals surface area contributed by atoms with Gasteiger partial charge in [0.1, 0.15) is 11.4 Å². The molecule has 2 atom stereocenters. The quantitative estimate of drug-likeness (QED) is 0.609. The first-order valence-corrected chi connectivity index (χ1v) is 6.85. The van der Waals surface area contributed by atoms with Crippen LogP contribution in [0.1, 0.15) is 50.9 Å². The number of nitrogens with one attached hydrogen (secondary N) is 1. The van der Waals surface area contributed by atoms with E-state index in [2.05, 4.69) is 24.3 Å². The molecule has 1 aromatic heterocycles. The Bertz CT molecular complexity index is 442. The van der Waals surface area contributed by atoms with Crippen molar-refractivity contribution >= 4 is 5.69 Å². The second-order valence-electron chi connectivity index (χ2n) is 4.96. The van der Waals surface area contributed by atoms with Crippen molar-refractivity contribution in [1.29, 1.82) is 0 Å². The van der Waals surface area contributed by atoms with Gasteiger partial charge in [0.2, 0.25) is 0 Å². The third-order valence-corrected chi connectivity index (χ3v) is 3.55. The zero-order chi connectivity index (χ0) is 14.6. The maximum Gasteiger partial charge on any atom is 0.313 e. The topological polar surface area (TPSA) is 73.0 Å². The van der Waals surface area contributed by atoms with E-state index < -0.39 is 0 Å². The Morgan fingerprint density at radius 2 is 2.11 bits per heavy atom. The highest BCUT2D eigenvalue weighted by atomic mass is 16.6. The van der Waals surface area contributed by atoms with Crippen molar-refractivity contribution in [2.75, 3.05) is 6.54 Å². The standard InChI is InChI=1S/C13H24N4O2/c1-6-8-14-11(7-2)9(3)12-13(17(18)19)10(4)15-16(12)5/h9,11,14H,6-8H2,1-5H3. The molecule has 0 amide bonds. The van der Waals surface area contributed by atoms with Gasteiger partial charge in [0.05, 0.1) is 4.92 Å². The number of hydrogen-bond donors (Lipinski definition) is 1. The van der Waals surface area contributed by atoms with Gasteiger partial charge in [0, 0.05) is 19.0 Å². The average Bonchev–Trinajstić information content (AvgIpc) is 2.64. The maximum atomic E-state index is 11.2. The molecular formula is C13H24N4O2. The summed E-state index contributed by atoms with van der Waals surface area (Å²) in [5.74, 6) is 0.0585. The first-order valence-electron chi connectivity index (χ1n) is 6.85. The fraction of sp³-hybridized carbons (Fsp3) is 0.769. The van der Waals surface area contributed by atoms with Crippen LogP contribution in [-0.2, 0) is 7.05 Å². The number of aryl methyl sites for hydroxylation is 2. The van der Waals surface area contributed by atoms with Crippen LogP contribution < -0.4 is 5.32 Å². The molecule has 6 heteroatoms. The molecule has 6 nitrogen and oxygen atoms in total. The monoisotopic (exact) mass is 268 g/mol. The van der Waals surface area contributed by atoms with Crippen LogP contribution in [0.5, 0.6) is 0 Å². The number of hydrogen-bond acceptors (Lipinski definition) is 4. The highest BCUT2D eigenvalue weighted by Crippen LogP contribution is 2.31. The Labute approximate surface area is 114 Å². The molecule has 0 aliphatic heterocycles. The molecular weight excluding hydrogens is 244 g/mol. The lowest BCUT2D eigenvalue weighted by molar-refractivity contribution is -0.386. The predicted molar refractivity (Wildman–Crippen MR) is 75.4 cm³/mol. The minimum absolute atomic E-state index is 0.0585. The van der Waals surface area contributed by atoms with E-state index >= 15 is 0 Å². The SMILES string of the molecule is CCCNC(CC)C(C)c1c([N+](=O)[O-])c(C)nn1C. The fourth-order valence-electron chi connectivity index (χ4n) is 2.60. The molecule has 1 heterocycles. The van der Waals surface area contributed by atoms with Crippen LogP contribution in [0.25, 0.3) is 0 Å². The maximum absolute atomic E-state index is 11.2. The number of nitrogens with zero attached hydrogens (tertiary/aromatic N) is 3. The zero-order valence-electron chi connectivity index (χ0n) is 12.4. The van der Waals surface area contributed by atoms with Crippen molar-refractivity contribution in [3.05, 3.63) is 21.5 Å². The average molecular weight is 268 g/mol. The van der Waals surface area contributed by atoms with Crippen LogP contribution in [-0.4, -0.2) is 27.3 Å². The Balaban J connectivity index is 3.10. The molecule has 108 valence electrons. The summed E-state index contributed by atoms with van der Waals surface area (Å²) in [6.07, 6.45) is 1.98. The second kappa shape index (κ2) is 6.65. The molecule has 2 unspecified atom stereocenters. The number of rotatable bonds is 7. The summed E-state index contributed by atoms with van der Waals surface area (Å²) in [6, 6.07) is 0.230. The van der Waals surface area contributed by atoms with Crippen LogP contribution in [0.3, 0.4) is 0 Å². The van der Waals surface area contributed by atoms with Crippen molar-refractivity contribution in [3.8, 4) is 0 Å². The minimum Gasteiger partial charge on any atom is -0.313 e. The lowest BCUT2D eigenvalue weighted by Gasteiger charge is -2.23. The van der Waals surface area contributed by atoms with Crippen LogP contribution in [0.15, 0.2) is 0 Å². The van der Waals surface area contributed by atoms with Gasteiger partial charge < -0.3 is 5.32 Å². The van der Waals surface area contributed by atoms with E-state index in [-0.39, 0.29) is 22.6 Å². The fourth-order valence-corrected chi connectivity index (χ4v) is 2.60. The molecule has 0 spiro atoms. The van der Waals surface area contributed by atoms with E-state index in [1.54, 1.807) is 18.7 Å². The van der Waals surface area contributed by atoms with E-state index in [1.165, 1.54) is 0 Å². The largest absolute Gasteiger partial charge is 0.313 e. The molecule has 1 aromatic rings. The number of nitro groups is 1. The van der Waals surface area contributed by atoms with Crippen molar-refractivity contribution in [1.82, 2.24) is 15.1 Å². The molecule has 0 bridgehead atoms. The Hall–Kier alpha value is -1.43. The van der Waals surface area contributed by atoms with Gasteiger partial charge in [-0.25, -0.2) is 0 Å². The Kier molecular flexibility index (Phi) is 5.47. The van der Waals surface area contributed by atoms with Gasteiger partial charge in [0.15, 0.2) is 0 Å². The molecule has 0 radical (unpaired) electrons. The van der Waals surface area contributed by atoms with E-state index in [0.29, 0.717) is 11.4 Å². The van der Waals surface area contributed by atoms with Crippen LogP contribution in [0.4, 0.5) is 5.69 Å². The van der Waals surface area contributed by atoms with Crippen LogP contribution in [0, 0.1) is 17.0 Å². The third-order valence-electron chi connectivity index (χ3n) is 3.55. The van der Waals surface area contributed by atoms with Gasteiger partial charge >= 0.3 is 5.69 Å². The predicted octanol–water partition coefficient (Wildman–Crippen LogP) is 2.52. The molecule has 0 aliphatic rings. The first-order chi connectivity index (χ1) is 8.93. The minimum atomic E-state index is -0.319. The molecule has 0 saturated carbocycles. The zero-order valence-corrected chi connectivity index (χ0v) is 12.4. The molecule has 19 heavy (non-hydrogen) atoms. The summed E-state index contributed by atoms with van der Waals surface area (Å²) in [6.45, 7) is 8.85. The van der Waals surface area contributed by atoms with E-state index in [1.807, 2.05) is 6.92 Å². The molecule has 0 fully saturated rings. The van der Waals surface area contributed by atoms with Crippen LogP contribution >= 0.6 is 0 Å². The normalized spacial score (nSPS) is 14.4. The number of aromatic nitrogens is 2. The third kappa shape index (κ3) is 3.32. The molecule has 0 aliphatic carbocycles. The summed E-state index contributed by atoms with van der Waals surface area (Å²) in [4.78, 5) is 10.9. The van der Waals surface area contributed by atoms with Gasteiger partial charge in [-0.05, 0) is 26.3 Å². The first kappa shape index (κ1) is 15.6. The lowest BCUT2D eigenvalue weighted by Crippen LogP contribution is -2.34. The van der Waals surface area contributed by atoms with Gasteiger partial charge in [-0.1, -0.05) is 20.8 Å². The van der Waals surface area contributed by atoms with Gasteiger partial charge in [-0.3, -0.25) is 14.8 Å². The van der Waals surface area contributed by atoms with Crippen molar-refractivity contribution < 1.29 is 4.92 Å². The summed E-state index contributed by atoms with van der Waals surface area (Å²) >= 11 is 0. The van der Waals surface area contributed by atoms with Gasteiger partial charge in [-0.15, -0.1) is 0 Å². The Morgan fingerprint density at radius 1 is 1.47 bits per heavy atom. The Morgan fingerprint density at radius 3 is 2.58 bits per heavy atom. The summed E-state index contributed by atoms with van der Waals surface area (Å²) < 4.78 is 1.65. The summed E-state index contributed by atoms with van der Waals surface area (Å²) in [5.41, 5.74) is 1.35. The molecule has 1 rings (SSSR count). The van der Waals surface area contributed by atoms with Crippen molar-refractivity contribution in [3.63, 3.8) is 0 Å². The summed E-state index contributed by atoms with van der Waals surface area (Å²) in [5, 5.41) is 18.9. The molecule has 0 aromatic carbocycles. The molecule has 0 saturated heterocycles. The highest BCUT2D eigenvalue weighted by molar-refractivity contribution is 5.43. The van der Waals surface area contributed by atoms with Gasteiger partial charge in [-0.2, -0.15) is 5.10 Å². The van der Waals surface area contributed by atoms with E-state index in [4.69, 9.17) is 0 Å². The second-order valence-corrected chi connectivity index (χ2v) is 4.96. The van der Waals surface area contributed by atoms with Crippen molar-refractivity contribution in [2.24, 2.45) is 7.05 Å². The van der Waals surface area contributed by atoms with Gasteiger partial charge in [0.25, 0.3) is 0 Å². The smallest absolute Gasteiger partial charge is 0.313 e. The summed E-state index contributed by atoms with van der Waals surface area (Å²) in [7, 11) is 1.78. The lowest BCUT2D eigenvalue weighted by atomic mass is 9.94. The van der Waals surface area contributed by atoms with E-state index in [9.17, 15) is 10.1 Å².